The molecule has 0 N–H and O–H groups in total. The quantitative estimate of drug-likeness (QED) is 0.746. The molecule has 1 aromatic heterocycles. The zero-order valence-electron chi connectivity index (χ0n) is 10.2. The smallest absolute Gasteiger partial charge is 0.0864 e. The zero-order valence-corrected chi connectivity index (χ0v) is 12.6. The van der Waals surface area contributed by atoms with E-state index >= 15 is 0 Å². The Morgan fingerprint density at radius 3 is 2.71 bits per heavy atom. The molecular formula is C14H15BrClN. The number of benzene rings is 1. The average molecular weight is 313 g/mol. The van der Waals surface area contributed by atoms with Gasteiger partial charge in [-0.15, -0.1) is 0 Å². The first kappa shape index (κ1) is 12.8. The predicted octanol–water partition coefficient (Wildman–Crippen LogP) is 5.16. The van der Waals surface area contributed by atoms with Crippen LogP contribution < -0.4 is 0 Å². The first-order valence-electron chi connectivity index (χ1n) is 5.73. The number of rotatable bonds is 2. The van der Waals surface area contributed by atoms with E-state index in [0.29, 0.717) is 5.92 Å². The van der Waals surface area contributed by atoms with Crippen LogP contribution in [0.1, 0.15) is 25.1 Å². The van der Waals surface area contributed by atoms with E-state index in [-0.39, 0.29) is 0 Å². The molecule has 1 nitrogen and oxygen atoms in total. The topological polar surface area (TPSA) is 12.9 Å². The zero-order chi connectivity index (χ0) is 12.6. The molecule has 0 atom stereocenters. The van der Waals surface area contributed by atoms with E-state index in [1.165, 1.54) is 0 Å². The Labute approximate surface area is 115 Å². The van der Waals surface area contributed by atoms with Gasteiger partial charge in [-0.25, -0.2) is 0 Å². The lowest BCUT2D eigenvalue weighted by atomic mass is 10.0. The van der Waals surface area contributed by atoms with E-state index in [1.54, 1.807) is 0 Å². The molecule has 0 saturated heterocycles. The fourth-order valence-electron chi connectivity index (χ4n) is 1.99. The number of hydrogen-bond donors (Lipinski definition) is 0. The number of halogens is 2. The Morgan fingerprint density at radius 1 is 1.35 bits per heavy atom. The predicted molar refractivity (Wildman–Crippen MR) is 77.7 cm³/mol. The van der Waals surface area contributed by atoms with Gasteiger partial charge in [0.15, 0.2) is 0 Å². The molecule has 0 spiro atoms. The van der Waals surface area contributed by atoms with Gasteiger partial charge in [0, 0.05) is 15.6 Å². The maximum absolute atomic E-state index is 6.36. The Hall–Kier alpha value is -0.600. The van der Waals surface area contributed by atoms with E-state index in [1.807, 2.05) is 12.1 Å². The van der Waals surface area contributed by atoms with Crippen molar-refractivity contribution in [3.8, 4) is 0 Å². The fourth-order valence-corrected chi connectivity index (χ4v) is 2.78. The number of aromatic nitrogens is 1. The Morgan fingerprint density at radius 2 is 2.06 bits per heavy atom. The summed E-state index contributed by atoms with van der Waals surface area (Å²) < 4.78 is 1.01. The highest BCUT2D eigenvalue weighted by molar-refractivity contribution is 9.10. The van der Waals surface area contributed by atoms with E-state index in [9.17, 15) is 0 Å². The van der Waals surface area contributed by atoms with Gasteiger partial charge in [0.25, 0.3) is 0 Å². The summed E-state index contributed by atoms with van der Waals surface area (Å²) in [5, 5.41) is 1.85. The lowest BCUT2D eigenvalue weighted by molar-refractivity contribution is 0.637. The Kier molecular flexibility index (Phi) is 3.74. The van der Waals surface area contributed by atoms with E-state index in [0.717, 1.165) is 38.1 Å². The standard InChI is InChI=1S/C14H15BrClN/c1-8(2)6-10-7-12(16)13-9(3)4-5-11(15)14(13)17-10/h4-5,7-8H,6H2,1-3H3. The molecule has 2 rings (SSSR count). The van der Waals surface area contributed by atoms with Crippen molar-refractivity contribution < 1.29 is 0 Å². The maximum Gasteiger partial charge on any atom is 0.0864 e. The van der Waals surface area contributed by atoms with Crippen molar-refractivity contribution in [2.45, 2.75) is 27.2 Å². The summed E-state index contributed by atoms with van der Waals surface area (Å²) in [6, 6.07) is 6.07. The second-order valence-corrected chi connectivity index (χ2v) is 6.04. The summed E-state index contributed by atoms with van der Waals surface area (Å²) in [5.74, 6) is 0.583. The van der Waals surface area contributed by atoms with Crippen LogP contribution in [0.5, 0.6) is 0 Å². The molecule has 1 aromatic carbocycles. The van der Waals surface area contributed by atoms with Gasteiger partial charge >= 0.3 is 0 Å². The first-order chi connectivity index (χ1) is 7.99. The van der Waals surface area contributed by atoms with Crippen LogP contribution in [-0.2, 0) is 6.42 Å². The molecule has 0 fully saturated rings. The highest BCUT2D eigenvalue weighted by atomic mass is 79.9. The molecule has 0 saturated carbocycles. The van der Waals surface area contributed by atoms with Crippen molar-refractivity contribution in [2.24, 2.45) is 5.92 Å². The summed E-state index contributed by atoms with van der Waals surface area (Å²) in [4.78, 5) is 4.71. The lowest BCUT2D eigenvalue weighted by Gasteiger charge is -2.10. The molecule has 2 aromatic rings. The van der Waals surface area contributed by atoms with Crippen molar-refractivity contribution >= 4 is 38.4 Å². The molecule has 0 amide bonds. The molecule has 0 aliphatic heterocycles. The minimum atomic E-state index is 0.583. The van der Waals surface area contributed by atoms with Gasteiger partial charge in [-0.05, 0) is 52.9 Å². The lowest BCUT2D eigenvalue weighted by Crippen LogP contribution is -1.98. The highest BCUT2D eigenvalue weighted by Crippen LogP contribution is 2.31. The fraction of sp³-hybridized carbons (Fsp3) is 0.357. The summed E-state index contributed by atoms with van der Waals surface area (Å²) >= 11 is 9.91. The van der Waals surface area contributed by atoms with E-state index in [2.05, 4.69) is 42.8 Å². The average Bonchev–Trinajstić information content (AvgIpc) is 2.22. The van der Waals surface area contributed by atoms with Gasteiger partial charge in [0.2, 0.25) is 0 Å². The normalized spacial score (nSPS) is 11.4. The minimum absolute atomic E-state index is 0.583. The molecule has 0 radical (unpaired) electrons. The molecule has 0 aliphatic rings. The summed E-state index contributed by atoms with van der Waals surface area (Å²) in [7, 11) is 0. The molecule has 0 aliphatic carbocycles. The first-order valence-corrected chi connectivity index (χ1v) is 6.90. The second kappa shape index (κ2) is 4.95. The number of fused-ring (bicyclic) bond motifs is 1. The molecule has 17 heavy (non-hydrogen) atoms. The van der Waals surface area contributed by atoms with Gasteiger partial charge in [-0.1, -0.05) is 31.5 Å². The summed E-state index contributed by atoms with van der Waals surface area (Å²) in [5.41, 5.74) is 3.19. The third-order valence-corrected chi connectivity index (χ3v) is 3.68. The van der Waals surface area contributed by atoms with E-state index < -0.39 is 0 Å². The van der Waals surface area contributed by atoms with Crippen LogP contribution in [0.2, 0.25) is 5.02 Å². The molecular weight excluding hydrogens is 298 g/mol. The third kappa shape index (κ3) is 2.63. The number of nitrogens with zero attached hydrogens (tertiary/aromatic N) is 1. The van der Waals surface area contributed by atoms with E-state index in [4.69, 9.17) is 16.6 Å². The van der Waals surface area contributed by atoms with Crippen molar-refractivity contribution in [3.63, 3.8) is 0 Å². The van der Waals surface area contributed by atoms with Gasteiger partial charge in [-0.2, -0.15) is 0 Å². The number of pyridine rings is 1. The van der Waals surface area contributed by atoms with Crippen LogP contribution in [0.3, 0.4) is 0 Å². The summed E-state index contributed by atoms with van der Waals surface area (Å²) in [6.07, 6.45) is 0.954. The monoisotopic (exact) mass is 311 g/mol. The SMILES string of the molecule is Cc1ccc(Br)c2nc(CC(C)C)cc(Cl)c12. The van der Waals surface area contributed by atoms with Crippen molar-refractivity contribution in [2.75, 3.05) is 0 Å². The van der Waals surface area contributed by atoms with Crippen LogP contribution in [-0.4, -0.2) is 4.98 Å². The van der Waals surface area contributed by atoms with Gasteiger partial charge in [0.05, 0.1) is 10.5 Å². The van der Waals surface area contributed by atoms with Crippen LogP contribution in [0, 0.1) is 12.8 Å². The Bertz CT molecular complexity index is 564. The number of aryl methyl sites for hydroxylation is 1. The van der Waals surface area contributed by atoms with Crippen LogP contribution in [0.15, 0.2) is 22.7 Å². The van der Waals surface area contributed by atoms with Gasteiger partial charge in [-0.3, -0.25) is 4.98 Å². The molecule has 90 valence electrons. The summed E-state index contributed by atoms with van der Waals surface area (Å²) in [6.45, 7) is 6.43. The molecule has 0 unspecified atom stereocenters. The van der Waals surface area contributed by atoms with Crippen LogP contribution in [0.4, 0.5) is 0 Å². The van der Waals surface area contributed by atoms with Crippen molar-refractivity contribution in [3.05, 3.63) is 39.0 Å². The molecule has 0 bridgehead atoms. The minimum Gasteiger partial charge on any atom is -0.252 e. The Balaban J connectivity index is 2.68. The van der Waals surface area contributed by atoms with Gasteiger partial charge < -0.3 is 0 Å². The maximum atomic E-state index is 6.36. The second-order valence-electron chi connectivity index (χ2n) is 4.78. The number of hydrogen-bond acceptors (Lipinski definition) is 1. The highest BCUT2D eigenvalue weighted by Gasteiger charge is 2.10. The largest absolute Gasteiger partial charge is 0.252 e. The molecule has 1 heterocycles. The van der Waals surface area contributed by atoms with Crippen LogP contribution >= 0.6 is 27.5 Å². The van der Waals surface area contributed by atoms with Crippen LogP contribution in [0.25, 0.3) is 10.9 Å². The van der Waals surface area contributed by atoms with Crippen molar-refractivity contribution in [1.82, 2.24) is 4.98 Å². The third-order valence-electron chi connectivity index (χ3n) is 2.74. The van der Waals surface area contributed by atoms with Gasteiger partial charge in [0.1, 0.15) is 0 Å². The van der Waals surface area contributed by atoms with Crippen molar-refractivity contribution in [1.29, 1.82) is 0 Å². The molecule has 3 heteroatoms.